The fraction of sp³-hybridized carbons (Fsp3) is 0.765. The first-order chi connectivity index (χ1) is 11.4. The SMILES string of the molecule is CCC1CN(CC(=O)Nc2ccnn2C(C)C)CCN1CC(C)O. The molecule has 24 heavy (non-hydrogen) atoms. The van der Waals surface area contributed by atoms with Crippen molar-refractivity contribution in [3.05, 3.63) is 12.3 Å². The van der Waals surface area contributed by atoms with Gasteiger partial charge < -0.3 is 10.4 Å². The van der Waals surface area contributed by atoms with E-state index < -0.39 is 0 Å². The number of carbonyl (C=O) groups excluding carboxylic acids is 1. The largest absolute Gasteiger partial charge is 0.392 e. The predicted molar refractivity (Wildman–Crippen MR) is 95.0 cm³/mol. The number of piperazine rings is 1. The molecule has 2 atom stereocenters. The van der Waals surface area contributed by atoms with Crippen LogP contribution in [-0.2, 0) is 4.79 Å². The van der Waals surface area contributed by atoms with Gasteiger partial charge in [-0.2, -0.15) is 5.10 Å². The summed E-state index contributed by atoms with van der Waals surface area (Å²) in [5, 5.41) is 16.8. The lowest BCUT2D eigenvalue weighted by Crippen LogP contribution is -2.55. The summed E-state index contributed by atoms with van der Waals surface area (Å²) in [5.74, 6) is 0.742. The highest BCUT2D eigenvalue weighted by Gasteiger charge is 2.27. The maximum absolute atomic E-state index is 12.4. The van der Waals surface area contributed by atoms with Crippen LogP contribution < -0.4 is 5.32 Å². The maximum Gasteiger partial charge on any atom is 0.239 e. The third-order valence-electron chi connectivity index (χ3n) is 4.45. The molecule has 136 valence electrons. The molecule has 1 aromatic heterocycles. The standard InChI is InChI=1S/C17H31N5O2/c1-5-15-11-20(8-9-21(15)10-14(4)23)12-17(24)19-16-6-7-18-22(16)13(2)3/h6-7,13-15,23H,5,8-12H2,1-4H3,(H,19,24). The molecule has 7 nitrogen and oxygen atoms in total. The number of nitrogens with zero attached hydrogens (tertiary/aromatic N) is 4. The van der Waals surface area contributed by atoms with Crippen LogP contribution in [0.2, 0.25) is 0 Å². The van der Waals surface area contributed by atoms with E-state index in [1.54, 1.807) is 6.20 Å². The minimum Gasteiger partial charge on any atom is -0.392 e. The highest BCUT2D eigenvalue weighted by atomic mass is 16.3. The summed E-state index contributed by atoms with van der Waals surface area (Å²) >= 11 is 0. The second-order valence-electron chi connectivity index (χ2n) is 6.94. The van der Waals surface area contributed by atoms with Crippen LogP contribution in [0.3, 0.4) is 0 Å². The molecule has 1 fully saturated rings. The molecule has 1 amide bonds. The van der Waals surface area contributed by atoms with E-state index in [0.717, 1.165) is 31.9 Å². The van der Waals surface area contributed by atoms with E-state index in [1.165, 1.54) is 0 Å². The Hall–Kier alpha value is -1.44. The Morgan fingerprint density at radius 1 is 1.42 bits per heavy atom. The zero-order valence-corrected chi connectivity index (χ0v) is 15.3. The molecule has 2 rings (SSSR count). The molecular formula is C17H31N5O2. The summed E-state index contributed by atoms with van der Waals surface area (Å²) in [6.07, 6.45) is 2.41. The summed E-state index contributed by atoms with van der Waals surface area (Å²) in [4.78, 5) is 16.9. The maximum atomic E-state index is 12.4. The van der Waals surface area contributed by atoms with Gasteiger partial charge in [0.05, 0.1) is 18.8 Å². The topological polar surface area (TPSA) is 73.6 Å². The molecule has 0 bridgehead atoms. The summed E-state index contributed by atoms with van der Waals surface area (Å²) in [6, 6.07) is 2.43. The second kappa shape index (κ2) is 8.60. The Kier molecular flexibility index (Phi) is 6.77. The van der Waals surface area contributed by atoms with Crippen LogP contribution in [0.4, 0.5) is 5.82 Å². The minimum absolute atomic E-state index is 0.00349. The molecule has 0 aliphatic carbocycles. The van der Waals surface area contributed by atoms with E-state index in [9.17, 15) is 9.90 Å². The fourth-order valence-electron chi connectivity index (χ4n) is 3.28. The number of aromatic nitrogens is 2. The van der Waals surface area contributed by atoms with Crippen molar-refractivity contribution in [2.45, 2.75) is 52.3 Å². The van der Waals surface area contributed by atoms with Crippen molar-refractivity contribution in [3.8, 4) is 0 Å². The van der Waals surface area contributed by atoms with Crippen LogP contribution in [0.5, 0.6) is 0 Å². The summed E-state index contributed by atoms with van der Waals surface area (Å²) in [7, 11) is 0. The molecule has 7 heteroatoms. The third kappa shape index (κ3) is 5.03. The van der Waals surface area contributed by atoms with E-state index in [-0.39, 0.29) is 18.1 Å². The Labute approximate surface area is 144 Å². The number of nitrogens with one attached hydrogen (secondary N) is 1. The predicted octanol–water partition coefficient (Wildman–Crippen LogP) is 1.18. The molecule has 1 aromatic rings. The molecule has 1 saturated heterocycles. The Morgan fingerprint density at radius 3 is 2.79 bits per heavy atom. The van der Waals surface area contributed by atoms with Crippen LogP contribution in [-0.4, -0.2) is 75.5 Å². The number of β-amino-alcohol motifs (C(OH)–C–C–N with tert-alkyl or cyclic N) is 1. The molecule has 2 N–H and O–H groups in total. The first-order valence-corrected chi connectivity index (χ1v) is 8.88. The molecule has 0 spiro atoms. The van der Waals surface area contributed by atoms with E-state index in [4.69, 9.17) is 0 Å². The smallest absolute Gasteiger partial charge is 0.239 e. The summed E-state index contributed by atoms with van der Waals surface area (Å²) < 4.78 is 1.81. The van der Waals surface area contributed by atoms with E-state index >= 15 is 0 Å². The molecule has 2 unspecified atom stereocenters. The number of hydrogen-bond acceptors (Lipinski definition) is 5. The van der Waals surface area contributed by atoms with Gasteiger partial charge in [0.1, 0.15) is 5.82 Å². The summed E-state index contributed by atoms with van der Waals surface area (Å²) in [5.41, 5.74) is 0. The van der Waals surface area contributed by atoms with Crippen molar-refractivity contribution in [2.75, 3.05) is 38.0 Å². The van der Waals surface area contributed by atoms with Crippen LogP contribution >= 0.6 is 0 Å². The van der Waals surface area contributed by atoms with Gasteiger partial charge in [-0.1, -0.05) is 6.92 Å². The minimum atomic E-state index is -0.315. The van der Waals surface area contributed by atoms with Crippen molar-refractivity contribution in [1.29, 1.82) is 0 Å². The number of carbonyl (C=O) groups is 1. The zero-order valence-electron chi connectivity index (χ0n) is 15.3. The van der Waals surface area contributed by atoms with Gasteiger partial charge in [-0.15, -0.1) is 0 Å². The lowest BCUT2D eigenvalue weighted by Gasteiger charge is -2.41. The van der Waals surface area contributed by atoms with Crippen molar-refractivity contribution in [2.24, 2.45) is 0 Å². The van der Waals surface area contributed by atoms with Crippen molar-refractivity contribution in [3.63, 3.8) is 0 Å². The number of rotatable bonds is 7. The van der Waals surface area contributed by atoms with Crippen LogP contribution in [0, 0.1) is 0 Å². The van der Waals surface area contributed by atoms with Crippen LogP contribution in [0.15, 0.2) is 12.3 Å². The zero-order chi connectivity index (χ0) is 17.7. The Bertz CT molecular complexity index is 529. The molecule has 0 radical (unpaired) electrons. The van der Waals surface area contributed by atoms with Crippen LogP contribution in [0.25, 0.3) is 0 Å². The molecule has 0 aromatic carbocycles. The van der Waals surface area contributed by atoms with Gasteiger partial charge in [-0.05, 0) is 27.2 Å². The molecule has 1 aliphatic heterocycles. The monoisotopic (exact) mass is 337 g/mol. The van der Waals surface area contributed by atoms with E-state index in [0.29, 0.717) is 19.1 Å². The van der Waals surface area contributed by atoms with E-state index in [2.05, 4.69) is 27.1 Å². The lowest BCUT2D eigenvalue weighted by atomic mass is 10.1. The number of amides is 1. The van der Waals surface area contributed by atoms with Gasteiger partial charge in [-0.25, -0.2) is 4.68 Å². The molecule has 2 heterocycles. The van der Waals surface area contributed by atoms with Gasteiger partial charge in [0.15, 0.2) is 0 Å². The summed E-state index contributed by atoms with van der Waals surface area (Å²) in [6.45, 7) is 11.7. The molecular weight excluding hydrogens is 306 g/mol. The van der Waals surface area contributed by atoms with Gasteiger partial charge in [0.2, 0.25) is 5.91 Å². The molecule has 0 saturated carbocycles. The van der Waals surface area contributed by atoms with Crippen LogP contribution in [0.1, 0.15) is 40.2 Å². The number of aliphatic hydroxyl groups excluding tert-OH is 1. The van der Waals surface area contributed by atoms with Crippen molar-refractivity contribution < 1.29 is 9.90 Å². The van der Waals surface area contributed by atoms with Gasteiger partial charge in [0.25, 0.3) is 0 Å². The lowest BCUT2D eigenvalue weighted by molar-refractivity contribution is -0.118. The van der Waals surface area contributed by atoms with Crippen molar-refractivity contribution >= 4 is 11.7 Å². The second-order valence-corrected chi connectivity index (χ2v) is 6.94. The Balaban J connectivity index is 1.87. The van der Waals surface area contributed by atoms with E-state index in [1.807, 2.05) is 31.5 Å². The first-order valence-electron chi connectivity index (χ1n) is 8.88. The first kappa shape index (κ1) is 18.9. The number of hydrogen-bond donors (Lipinski definition) is 2. The normalized spacial score (nSPS) is 21.2. The Morgan fingerprint density at radius 2 is 2.17 bits per heavy atom. The molecule has 1 aliphatic rings. The van der Waals surface area contributed by atoms with Crippen molar-refractivity contribution in [1.82, 2.24) is 19.6 Å². The van der Waals surface area contributed by atoms with Gasteiger partial charge >= 0.3 is 0 Å². The average Bonchev–Trinajstić information content (AvgIpc) is 2.96. The fourth-order valence-corrected chi connectivity index (χ4v) is 3.28. The quantitative estimate of drug-likeness (QED) is 0.782. The highest BCUT2D eigenvalue weighted by Crippen LogP contribution is 2.15. The number of anilines is 1. The average molecular weight is 337 g/mol. The number of aliphatic hydroxyl groups is 1. The third-order valence-corrected chi connectivity index (χ3v) is 4.45. The van der Waals surface area contributed by atoms with Gasteiger partial charge in [0, 0.05) is 44.3 Å². The van der Waals surface area contributed by atoms with Gasteiger partial charge in [-0.3, -0.25) is 14.6 Å². The highest BCUT2D eigenvalue weighted by molar-refractivity contribution is 5.91.